The molecular weight excluding hydrogens is 472 g/mol. The van der Waals surface area contributed by atoms with Gasteiger partial charge in [0.1, 0.15) is 12.2 Å². The zero-order valence-electron chi connectivity index (χ0n) is 26.0. The average molecular weight is 527 g/mol. The van der Waals surface area contributed by atoms with Crippen molar-refractivity contribution in [2.45, 2.75) is 139 Å². The molecule has 0 saturated heterocycles. The van der Waals surface area contributed by atoms with Crippen LogP contribution in [-0.2, 0) is 19.1 Å². The van der Waals surface area contributed by atoms with Gasteiger partial charge in [0.05, 0.1) is 0 Å². The van der Waals surface area contributed by atoms with Crippen molar-refractivity contribution in [2.75, 3.05) is 0 Å². The van der Waals surface area contributed by atoms with E-state index in [1.54, 1.807) is 12.5 Å². The van der Waals surface area contributed by atoms with E-state index in [0.717, 1.165) is 25.7 Å². The van der Waals surface area contributed by atoms with Crippen LogP contribution < -0.4 is 0 Å². The van der Waals surface area contributed by atoms with Gasteiger partial charge >= 0.3 is 11.9 Å². The highest BCUT2D eigenvalue weighted by atomic mass is 16.5. The molecule has 0 aliphatic heterocycles. The standard InChI is InChI=1S/C34H54O4/c1-21(35)37-25-19-23-24-20-29(3,4)15-16-31(24,7)17-18-33(23,9)34(10)14-11-26-30(5,6)27(38-22(2)36)12-13-32(26,8)28(25)34/h19,24-28H,11-18,20H2,1-10H3. The van der Waals surface area contributed by atoms with Crippen LogP contribution in [0, 0.1) is 50.2 Å². The Morgan fingerprint density at radius 3 is 2.05 bits per heavy atom. The fourth-order valence-electron chi connectivity index (χ4n) is 11.3. The lowest BCUT2D eigenvalue weighted by atomic mass is 9.33. The fraction of sp³-hybridized carbons (Fsp3) is 0.882. The van der Waals surface area contributed by atoms with E-state index in [-0.39, 0.29) is 51.7 Å². The second-order valence-corrected chi connectivity index (χ2v) is 16.6. The molecule has 4 saturated carbocycles. The molecule has 4 fully saturated rings. The van der Waals surface area contributed by atoms with Crippen molar-refractivity contribution >= 4 is 11.9 Å². The van der Waals surface area contributed by atoms with Gasteiger partial charge < -0.3 is 9.47 Å². The minimum atomic E-state index is -0.193. The molecule has 0 radical (unpaired) electrons. The van der Waals surface area contributed by atoms with Gasteiger partial charge in [-0.25, -0.2) is 0 Å². The molecule has 0 N–H and O–H groups in total. The van der Waals surface area contributed by atoms with Crippen molar-refractivity contribution in [1.82, 2.24) is 0 Å². The Bertz CT molecular complexity index is 1040. The molecule has 0 amide bonds. The van der Waals surface area contributed by atoms with Crippen LogP contribution >= 0.6 is 0 Å². The normalized spacial score (nSPS) is 48.8. The summed E-state index contributed by atoms with van der Waals surface area (Å²) in [4.78, 5) is 24.6. The first-order valence-corrected chi connectivity index (χ1v) is 15.5. The van der Waals surface area contributed by atoms with Gasteiger partial charge in [-0.2, -0.15) is 0 Å². The minimum absolute atomic E-state index is 0.00485. The van der Waals surface area contributed by atoms with Crippen LogP contribution in [0.2, 0.25) is 0 Å². The van der Waals surface area contributed by atoms with Crippen LogP contribution in [0.4, 0.5) is 0 Å². The average Bonchev–Trinajstić information content (AvgIpc) is 2.77. The van der Waals surface area contributed by atoms with Gasteiger partial charge in [-0.05, 0) is 103 Å². The summed E-state index contributed by atoms with van der Waals surface area (Å²) in [7, 11) is 0. The molecule has 5 aliphatic rings. The SMILES string of the molecule is CC(=O)OC1C=C2C3CC(C)(C)CCC3(C)CCC2(C)C2(C)CCC3C(C)(C)C(OC(C)=O)CCC3(C)C12. The third kappa shape index (κ3) is 3.88. The van der Waals surface area contributed by atoms with Crippen LogP contribution in [-0.4, -0.2) is 24.1 Å². The highest BCUT2D eigenvalue weighted by Crippen LogP contribution is 2.76. The molecule has 214 valence electrons. The zero-order chi connectivity index (χ0) is 28.1. The summed E-state index contributed by atoms with van der Waals surface area (Å²) in [6.45, 7) is 22.8. The van der Waals surface area contributed by atoms with Gasteiger partial charge in [0.2, 0.25) is 0 Å². The Kier molecular flexibility index (Phi) is 6.38. The van der Waals surface area contributed by atoms with Gasteiger partial charge in [-0.15, -0.1) is 0 Å². The number of hydrogen-bond donors (Lipinski definition) is 0. The van der Waals surface area contributed by atoms with Gasteiger partial charge in [0, 0.05) is 25.2 Å². The summed E-state index contributed by atoms with van der Waals surface area (Å²) in [5, 5.41) is 0. The number of carbonyl (C=O) groups is 2. The van der Waals surface area contributed by atoms with Crippen molar-refractivity contribution in [3.8, 4) is 0 Å². The van der Waals surface area contributed by atoms with E-state index in [9.17, 15) is 9.59 Å². The van der Waals surface area contributed by atoms with Crippen molar-refractivity contribution < 1.29 is 19.1 Å². The van der Waals surface area contributed by atoms with Gasteiger partial charge in [-0.1, -0.05) is 61.0 Å². The summed E-state index contributed by atoms with van der Waals surface area (Å²) >= 11 is 0. The topological polar surface area (TPSA) is 52.6 Å². The predicted molar refractivity (Wildman–Crippen MR) is 151 cm³/mol. The van der Waals surface area contributed by atoms with Crippen LogP contribution in [0.3, 0.4) is 0 Å². The predicted octanol–water partition coefficient (Wildman–Crippen LogP) is 8.28. The molecule has 9 atom stereocenters. The van der Waals surface area contributed by atoms with E-state index in [1.807, 2.05) is 0 Å². The summed E-state index contributed by atoms with van der Waals surface area (Å²) in [6.07, 6.45) is 12.7. The van der Waals surface area contributed by atoms with Crippen molar-refractivity contribution in [1.29, 1.82) is 0 Å². The smallest absolute Gasteiger partial charge is 0.303 e. The van der Waals surface area contributed by atoms with Crippen molar-refractivity contribution in [3.63, 3.8) is 0 Å². The second-order valence-electron chi connectivity index (χ2n) is 16.6. The van der Waals surface area contributed by atoms with Crippen LogP contribution in [0.1, 0.15) is 127 Å². The molecule has 5 rings (SSSR count). The molecule has 9 unspecified atom stereocenters. The molecule has 0 aromatic carbocycles. The molecule has 0 bridgehead atoms. The van der Waals surface area contributed by atoms with E-state index in [2.05, 4.69) is 61.5 Å². The number of carbonyl (C=O) groups excluding carboxylic acids is 2. The maximum atomic E-state index is 12.6. The van der Waals surface area contributed by atoms with E-state index in [4.69, 9.17) is 9.47 Å². The first-order chi connectivity index (χ1) is 17.4. The molecule has 4 heteroatoms. The maximum Gasteiger partial charge on any atom is 0.303 e. The molecule has 0 heterocycles. The fourth-order valence-corrected chi connectivity index (χ4v) is 11.3. The lowest BCUT2D eigenvalue weighted by Crippen LogP contribution is -2.67. The first kappa shape index (κ1) is 28.2. The maximum absolute atomic E-state index is 12.6. The molecule has 0 aromatic heterocycles. The molecule has 0 aromatic rings. The summed E-state index contributed by atoms with van der Waals surface area (Å²) in [5.74, 6) is 0.875. The Morgan fingerprint density at radius 2 is 1.42 bits per heavy atom. The lowest BCUT2D eigenvalue weighted by molar-refractivity contribution is -0.233. The highest BCUT2D eigenvalue weighted by molar-refractivity contribution is 5.67. The number of allylic oxidation sites excluding steroid dienone is 1. The second kappa shape index (κ2) is 8.59. The van der Waals surface area contributed by atoms with E-state index in [0.29, 0.717) is 22.7 Å². The number of fused-ring (bicyclic) bond motifs is 7. The quantitative estimate of drug-likeness (QED) is 0.268. The Labute approximate surface area is 232 Å². The molecule has 5 aliphatic carbocycles. The zero-order valence-corrected chi connectivity index (χ0v) is 26.0. The third-order valence-electron chi connectivity index (χ3n) is 13.5. The minimum Gasteiger partial charge on any atom is -0.462 e. The van der Waals surface area contributed by atoms with E-state index >= 15 is 0 Å². The first-order valence-electron chi connectivity index (χ1n) is 15.5. The molecule has 38 heavy (non-hydrogen) atoms. The summed E-state index contributed by atoms with van der Waals surface area (Å²) in [5.41, 5.74) is 2.34. The van der Waals surface area contributed by atoms with E-state index < -0.39 is 0 Å². The number of ether oxygens (including phenoxy) is 2. The van der Waals surface area contributed by atoms with Gasteiger partial charge in [-0.3, -0.25) is 9.59 Å². The van der Waals surface area contributed by atoms with Crippen LogP contribution in [0.5, 0.6) is 0 Å². The Hall–Kier alpha value is -1.32. The Morgan fingerprint density at radius 1 is 0.789 bits per heavy atom. The van der Waals surface area contributed by atoms with E-state index in [1.165, 1.54) is 39.0 Å². The van der Waals surface area contributed by atoms with Crippen molar-refractivity contribution in [3.05, 3.63) is 11.6 Å². The number of rotatable bonds is 2. The monoisotopic (exact) mass is 526 g/mol. The van der Waals surface area contributed by atoms with Crippen LogP contribution in [0.15, 0.2) is 11.6 Å². The molecule has 0 spiro atoms. The van der Waals surface area contributed by atoms with Gasteiger partial charge in [0.25, 0.3) is 0 Å². The highest BCUT2D eigenvalue weighted by Gasteiger charge is 2.70. The molecule has 4 nitrogen and oxygen atoms in total. The number of esters is 2. The lowest BCUT2D eigenvalue weighted by Gasteiger charge is -2.72. The van der Waals surface area contributed by atoms with Gasteiger partial charge in [0.15, 0.2) is 0 Å². The Balaban J connectivity index is 1.64. The van der Waals surface area contributed by atoms with Crippen molar-refractivity contribution in [2.24, 2.45) is 50.2 Å². The summed E-state index contributed by atoms with van der Waals surface area (Å²) in [6, 6.07) is 0. The largest absolute Gasteiger partial charge is 0.462 e. The third-order valence-corrected chi connectivity index (χ3v) is 13.5. The summed E-state index contributed by atoms with van der Waals surface area (Å²) < 4.78 is 12.3. The molecular formula is C34H54O4. The number of hydrogen-bond acceptors (Lipinski definition) is 4. The van der Waals surface area contributed by atoms with Crippen LogP contribution in [0.25, 0.3) is 0 Å².